The van der Waals surface area contributed by atoms with Gasteiger partial charge in [-0.3, -0.25) is 4.79 Å². The van der Waals surface area contributed by atoms with Gasteiger partial charge in [0.2, 0.25) is 0 Å². The van der Waals surface area contributed by atoms with Crippen LogP contribution in [0.4, 0.5) is 0 Å². The smallest absolute Gasteiger partial charge is 0.318 e. The third-order valence-corrected chi connectivity index (χ3v) is 3.06. The number of nitrogens with two attached hydrogens (primary N) is 1. The molecule has 1 atom stereocenters. The van der Waals surface area contributed by atoms with E-state index in [0.29, 0.717) is 16.3 Å². The molecule has 6 heteroatoms. The highest BCUT2D eigenvalue weighted by molar-refractivity contribution is 8.00. The predicted octanol–water partition coefficient (Wildman–Crippen LogP) is 1.33. The molecule has 0 saturated carbocycles. The molecule has 3 N–H and O–H groups in total. The lowest BCUT2D eigenvalue weighted by Gasteiger charge is -2.04. The Bertz CT molecular complexity index is 478. The molecule has 1 unspecified atom stereocenters. The van der Waals surface area contributed by atoms with Crippen LogP contribution in [0.2, 0.25) is 0 Å². The second kappa shape index (κ2) is 4.54. The number of carboxylic acids is 1. The summed E-state index contributed by atoms with van der Waals surface area (Å²) in [6.07, 6.45) is 0. The topological polar surface area (TPSA) is 89.4 Å². The second-order valence-electron chi connectivity index (χ2n) is 3.13. The van der Waals surface area contributed by atoms with E-state index in [4.69, 9.17) is 15.3 Å². The van der Waals surface area contributed by atoms with Gasteiger partial charge in [-0.15, -0.1) is 0 Å². The fraction of sp³-hybridized carbons (Fsp3) is 0.200. The molecule has 0 radical (unpaired) electrons. The summed E-state index contributed by atoms with van der Waals surface area (Å²) in [6, 6.07) is 7.27. The molecule has 0 spiro atoms. The van der Waals surface area contributed by atoms with Crippen molar-refractivity contribution in [2.45, 2.75) is 10.5 Å². The summed E-state index contributed by atoms with van der Waals surface area (Å²) in [7, 11) is 0. The number of fused-ring (bicyclic) bond motifs is 1. The Hall–Kier alpha value is -1.53. The Morgan fingerprint density at radius 3 is 2.94 bits per heavy atom. The number of hydrogen-bond acceptors (Lipinski definition) is 5. The van der Waals surface area contributed by atoms with Gasteiger partial charge in [0.15, 0.2) is 5.58 Å². The van der Waals surface area contributed by atoms with Gasteiger partial charge >= 0.3 is 5.97 Å². The highest BCUT2D eigenvalue weighted by Crippen LogP contribution is 2.26. The second-order valence-corrected chi connectivity index (χ2v) is 4.28. The quantitative estimate of drug-likeness (QED) is 0.781. The van der Waals surface area contributed by atoms with Crippen molar-refractivity contribution < 1.29 is 14.3 Å². The minimum absolute atomic E-state index is 0.0404. The zero-order valence-corrected chi connectivity index (χ0v) is 9.11. The summed E-state index contributed by atoms with van der Waals surface area (Å²) in [4.78, 5) is 14.9. The van der Waals surface area contributed by atoms with Crippen LogP contribution < -0.4 is 5.73 Å². The first kappa shape index (κ1) is 11.0. The van der Waals surface area contributed by atoms with E-state index in [9.17, 15) is 4.79 Å². The molecule has 2 rings (SSSR count). The zero-order valence-electron chi connectivity index (χ0n) is 8.29. The van der Waals surface area contributed by atoms with Gasteiger partial charge in [0.05, 0.1) is 0 Å². The number of carbonyl (C=O) groups is 1. The Kier molecular flexibility index (Phi) is 3.12. The molecular weight excluding hydrogens is 228 g/mol. The molecule has 5 nitrogen and oxygen atoms in total. The SMILES string of the molecule is NCC(Sc1nc2ccccc2o1)C(=O)O. The van der Waals surface area contributed by atoms with E-state index >= 15 is 0 Å². The van der Waals surface area contributed by atoms with Gasteiger partial charge in [-0.2, -0.15) is 0 Å². The largest absolute Gasteiger partial charge is 0.480 e. The van der Waals surface area contributed by atoms with Crippen molar-refractivity contribution in [2.75, 3.05) is 6.54 Å². The van der Waals surface area contributed by atoms with Crippen LogP contribution in [0.15, 0.2) is 33.9 Å². The fourth-order valence-corrected chi connectivity index (χ4v) is 1.95. The lowest BCUT2D eigenvalue weighted by Crippen LogP contribution is -2.25. The number of aromatic nitrogens is 1. The van der Waals surface area contributed by atoms with Gasteiger partial charge in [-0.1, -0.05) is 23.9 Å². The van der Waals surface area contributed by atoms with Crippen LogP contribution in [-0.2, 0) is 4.79 Å². The maximum Gasteiger partial charge on any atom is 0.318 e. The first-order chi connectivity index (χ1) is 7.70. The number of carboxylic acid groups (broad SMARTS) is 1. The molecular formula is C10H10N2O3S. The number of oxazole rings is 1. The van der Waals surface area contributed by atoms with Gasteiger partial charge in [0, 0.05) is 6.54 Å². The summed E-state index contributed by atoms with van der Waals surface area (Å²) < 4.78 is 5.38. The van der Waals surface area contributed by atoms with Crippen LogP contribution >= 0.6 is 11.8 Å². The number of nitrogens with zero attached hydrogens (tertiary/aromatic N) is 1. The molecule has 2 aromatic rings. The summed E-state index contributed by atoms with van der Waals surface area (Å²) >= 11 is 1.02. The van der Waals surface area contributed by atoms with E-state index in [-0.39, 0.29) is 6.54 Å². The zero-order chi connectivity index (χ0) is 11.5. The van der Waals surface area contributed by atoms with E-state index in [1.165, 1.54) is 0 Å². The fourth-order valence-electron chi connectivity index (χ4n) is 1.22. The standard InChI is InChI=1S/C10H10N2O3S/c11-5-8(9(13)14)16-10-12-6-3-1-2-4-7(6)15-10/h1-4,8H,5,11H2,(H,13,14). The average molecular weight is 238 g/mol. The molecule has 0 saturated heterocycles. The van der Waals surface area contributed by atoms with Gasteiger partial charge < -0.3 is 15.3 Å². The number of thioether (sulfide) groups is 1. The van der Waals surface area contributed by atoms with E-state index in [2.05, 4.69) is 4.98 Å². The number of aliphatic carboxylic acids is 1. The average Bonchev–Trinajstić information content (AvgIpc) is 2.67. The molecule has 0 aliphatic rings. The van der Waals surface area contributed by atoms with E-state index in [1.807, 2.05) is 12.1 Å². The number of rotatable bonds is 4. The van der Waals surface area contributed by atoms with E-state index < -0.39 is 11.2 Å². The molecule has 1 aromatic carbocycles. The third-order valence-electron chi connectivity index (χ3n) is 2.01. The maximum absolute atomic E-state index is 10.8. The van der Waals surface area contributed by atoms with Gasteiger partial charge in [-0.25, -0.2) is 4.98 Å². The molecule has 16 heavy (non-hydrogen) atoms. The molecule has 0 aliphatic heterocycles. The third kappa shape index (κ3) is 2.17. The molecule has 1 aromatic heterocycles. The number of para-hydroxylation sites is 2. The van der Waals surface area contributed by atoms with Crippen molar-refractivity contribution in [2.24, 2.45) is 5.73 Å². The van der Waals surface area contributed by atoms with Crippen LogP contribution in [0.3, 0.4) is 0 Å². The highest BCUT2D eigenvalue weighted by atomic mass is 32.2. The van der Waals surface area contributed by atoms with Crippen LogP contribution in [0, 0.1) is 0 Å². The summed E-state index contributed by atoms with van der Waals surface area (Å²) in [6.45, 7) is 0.0404. The Morgan fingerprint density at radius 2 is 2.31 bits per heavy atom. The summed E-state index contributed by atoms with van der Waals surface area (Å²) in [5.41, 5.74) is 6.70. The predicted molar refractivity (Wildman–Crippen MR) is 60.3 cm³/mol. The van der Waals surface area contributed by atoms with Gasteiger partial charge in [0.25, 0.3) is 5.22 Å². The van der Waals surface area contributed by atoms with Crippen molar-refractivity contribution in [3.63, 3.8) is 0 Å². The monoisotopic (exact) mass is 238 g/mol. The van der Waals surface area contributed by atoms with Crippen LogP contribution in [0.5, 0.6) is 0 Å². The lowest BCUT2D eigenvalue weighted by molar-refractivity contribution is -0.136. The maximum atomic E-state index is 10.8. The van der Waals surface area contributed by atoms with Gasteiger partial charge in [0.1, 0.15) is 10.8 Å². The lowest BCUT2D eigenvalue weighted by atomic mass is 10.3. The van der Waals surface area contributed by atoms with Crippen LogP contribution in [0.1, 0.15) is 0 Å². The summed E-state index contributed by atoms with van der Waals surface area (Å²) in [5, 5.41) is 8.44. The molecule has 0 aliphatic carbocycles. The first-order valence-electron chi connectivity index (χ1n) is 4.66. The molecule has 84 valence electrons. The minimum Gasteiger partial charge on any atom is -0.480 e. The van der Waals surface area contributed by atoms with Crippen LogP contribution in [-0.4, -0.2) is 27.9 Å². The highest BCUT2D eigenvalue weighted by Gasteiger charge is 2.20. The first-order valence-corrected chi connectivity index (χ1v) is 5.54. The molecule has 0 amide bonds. The van der Waals surface area contributed by atoms with Crippen molar-refractivity contribution in [3.8, 4) is 0 Å². The minimum atomic E-state index is -0.963. The number of benzene rings is 1. The Morgan fingerprint density at radius 1 is 1.56 bits per heavy atom. The van der Waals surface area contributed by atoms with E-state index in [0.717, 1.165) is 11.8 Å². The van der Waals surface area contributed by atoms with E-state index in [1.54, 1.807) is 12.1 Å². The van der Waals surface area contributed by atoms with Crippen molar-refractivity contribution in [1.82, 2.24) is 4.98 Å². The molecule has 0 bridgehead atoms. The van der Waals surface area contributed by atoms with Crippen molar-refractivity contribution in [3.05, 3.63) is 24.3 Å². The summed E-state index contributed by atoms with van der Waals surface area (Å²) in [5.74, 6) is -0.963. The number of hydrogen-bond donors (Lipinski definition) is 2. The van der Waals surface area contributed by atoms with Crippen molar-refractivity contribution in [1.29, 1.82) is 0 Å². The van der Waals surface area contributed by atoms with Crippen molar-refractivity contribution >= 4 is 28.8 Å². The van der Waals surface area contributed by atoms with Crippen LogP contribution in [0.25, 0.3) is 11.1 Å². The Labute approximate surface area is 95.6 Å². The normalized spacial score (nSPS) is 12.8. The molecule has 1 heterocycles. The Balaban J connectivity index is 2.24. The molecule has 0 fully saturated rings. The van der Waals surface area contributed by atoms with Gasteiger partial charge in [-0.05, 0) is 12.1 Å².